The van der Waals surface area contributed by atoms with E-state index < -0.39 is 5.60 Å². The molecule has 0 aromatic rings. The maximum atomic E-state index is 9.46. The molecule has 0 aliphatic heterocycles. The minimum absolute atomic E-state index is 0.387. The fraction of sp³-hybridized carbons (Fsp3) is 0.667. The molecule has 3 heteroatoms. The Morgan fingerprint density at radius 1 is 1.53 bits per heavy atom. The molecule has 0 aliphatic rings. The van der Waals surface area contributed by atoms with Crippen molar-refractivity contribution in [2.45, 2.75) is 45.6 Å². The van der Waals surface area contributed by atoms with E-state index in [1.807, 2.05) is 0 Å². The van der Waals surface area contributed by atoms with Crippen molar-refractivity contribution < 1.29 is 5.11 Å². The SMILES string of the molecule is CCCC/C(=C/SC)[Te]C#CC(C)(C)O. The quantitative estimate of drug-likeness (QED) is 0.614. The first kappa shape index (κ1) is 15.4. The average molecular weight is 340 g/mol. The molecule has 0 bridgehead atoms. The van der Waals surface area contributed by atoms with Gasteiger partial charge in [-0.25, -0.2) is 0 Å². The molecule has 0 amide bonds. The van der Waals surface area contributed by atoms with Gasteiger partial charge in [0.1, 0.15) is 0 Å². The summed E-state index contributed by atoms with van der Waals surface area (Å²) >= 11 is 1.37. The van der Waals surface area contributed by atoms with Crippen molar-refractivity contribution in [3.8, 4) is 9.89 Å². The normalized spacial score (nSPS) is 12.2. The number of allylic oxidation sites excluding steroid dienone is 1. The molecule has 0 heterocycles. The second kappa shape index (κ2) is 8.54. The van der Waals surface area contributed by atoms with Gasteiger partial charge in [-0.15, -0.1) is 0 Å². The Bertz CT molecular complexity index is 255. The van der Waals surface area contributed by atoms with Crippen LogP contribution in [-0.2, 0) is 0 Å². The van der Waals surface area contributed by atoms with E-state index in [2.05, 4.69) is 28.5 Å². The van der Waals surface area contributed by atoms with E-state index in [-0.39, 0.29) is 20.9 Å². The topological polar surface area (TPSA) is 20.2 Å². The summed E-state index contributed by atoms with van der Waals surface area (Å²) in [7, 11) is 0. The number of thioether (sulfide) groups is 1. The molecular formula is C12H20OSTe. The van der Waals surface area contributed by atoms with E-state index in [1.165, 1.54) is 22.9 Å². The summed E-state index contributed by atoms with van der Waals surface area (Å²) in [6, 6.07) is 0. The van der Waals surface area contributed by atoms with Crippen molar-refractivity contribution in [3.05, 3.63) is 9.03 Å². The number of aliphatic hydroxyl groups is 1. The third kappa shape index (κ3) is 10.7. The van der Waals surface area contributed by atoms with E-state index in [0.29, 0.717) is 0 Å². The van der Waals surface area contributed by atoms with Gasteiger partial charge in [-0.05, 0) is 0 Å². The van der Waals surface area contributed by atoms with Crippen LogP contribution in [0.25, 0.3) is 0 Å². The number of unbranched alkanes of at least 4 members (excludes halogenated alkanes) is 1. The molecular weight excluding hydrogens is 320 g/mol. The van der Waals surface area contributed by atoms with Crippen LogP contribution in [-0.4, -0.2) is 37.9 Å². The van der Waals surface area contributed by atoms with Crippen LogP contribution in [0.5, 0.6) is 0 Å². The van der Waals surface area contributed by atoms with Gasteiger partial charge in [0, 0.05) is 0 Å². The molecule has 0 fully saturated rings. The zero-order chi connectivity index (χ0) is 11.7. The summed E-state index contributed by atoms with van der Waals surface area (Å²) in [4.78, 5) is 0. The van der Waals surface area contributed by atoms with Crippen LogP contribution in [0, 0.1) is 9.89 Å². The summed E-state index contributed by atoms with van der Waals surface area (Å²) in [5.74, 6) is 2.90. The van der Waals surface area contributed by atoms with Crippen molar-refractivity contribution in [2.75, 3.05) is 6.26 Å². The molecule has 0 aromatic heterocycles. The van der Waals surface area contributed by atoms with E-state index in [9.17, 15) is 5.11 Å². The van der Waals surface area contributed by atoms with Gasteiger partial charge in [-0.2, -0.15) is 0 Å². The first-order chi connectivity index (χ1) is 6.99. The Morgan fingerprint density at radius 3 is 2.67 bits per heavy atom. The van der Waals surface area contributed by atoms with Gasteiger partial charge in [0.2, 0.25) is 0 Å². The first-order valence-corrected chi connectivity index (χ1v) is 8.74. The van der Waals surface area contributed by atoms with Crippen molar-refractivity contribution in [1.82, 2.24) is 0 Å². The van der Waals surface area contributed by atoms with E-state index >= 15 is 0 Å². The monoisotopic (exact) mass is 342 g/mol. The van der Waals surface area contributed by atoms with Gasteiger partial charge in [-0.1, -0.05) is 0 Å². The molecule has 86 valence electrons. The molecule has 0 saturated carbocycles. The van der Waals surface area contributed by atoms with Crippen LogP contribution in [0.4, 0.5) is 0 Å². The molecule has 1 N–H and O–H groups in total. The Kier molecular flexibility index (Phi) is 8.77. The Balaban J connectivity index is 4.17. The Labute approximate surface area is 108 Å². The molecule has 0 aromatic carbocycles. The van der Waals surface area contributed by atoms with Crippen LogP contribution >= 0.6 is 11.8 Å². The predicted molar refractivity (Wildman–Crippen MR) is 71.0 cm³/mol. The van der Waals surface area contributed by atoms with Gasteiger partial charge in [0.25, 0.3) is 0 Å². The third-order valence-electron chi connectivity index (χ3n) is 1.57. The number of hydrogen-bond acceptors (Lipinski definition) is 2. The van der Waals surface area contributed by atoms with Gasteiger partial charge in [-0.3, -0.25) is 0 Å². The summed E-state index contributed by atoms with van der Waals surface area (Å²) in [6.45, 7) is 5.67. The van der Waals surface area contributed by atoms with E-state index in [0.717, 1.165) is 0 Å². The predicted octanol–water partition coefficient (Wildman–Crippen LogP) is 2.82. The Hall–Kier alpha value is 0.400. The molecule has 0 spiro atoms. The van der Waals surface area contributed by atoms with Crippen molar-refractivity contribution in [1.29, 1.82) is 0 Å². The minimum atomic E-state index is -0.833. The van der Waals surface area contributed by atoms with Crippen LogP contribution in [0.1, 0.15) is 40.0 Å². The summed E-state index contributed by atoms with van der Waals surface area (Å²) in [5.41, 5.74) is -0.833. The second-order valence-corrected chi connectivity index (χ2v) is 7.18. The zero-order valence-electron chi connectivity index (χ0n) is 9.96. The first-order valence-electron chi connectivity index (χ1n) is 5.13. The number of rotatable bonds is 5. The summed E-state index contributed by atoms with van der Waals surface area (Å²) in [6.07, 6.45) is 5.75. The summed E-state index contributed by atoms with van der Waals surface area (Å²) < 4.78 is 4.67. The van der Waals surface area contributed by atoms with Crippen LogP contribution in [0.15, 0.2) is 9.03 Å². The molecule has 0 rings (SSSR count). The fourth-order valence-corrected chi connectivity index (χ4v) is 4.43. The molecule has 0 saturated heterocycles. The molecule has 0 radical (unpaired) electrons. The zero-order valence-corrected chi connectivity index (χ0v) is 13.1. The number of hydrogen-bond donors (Lipinski definition) is 1. The van der Waals surface area contributed by atoms with Gasteiger partial charge < -0.3 is 0 Å². The maximum absolute atomic E-state index is 9.46. The van der Waals surface area contributed by atoms with E-state index in [4.69, 9.17) is 0 Å². The second-order valence-electron chi connectivity index (χ2n) is 3.81. The van der Waals surface area contributed by atoms with Crippen LogP contribution in [0.2, 0.25) is 0 Å². The molecule has 15 heavy (non-hydrogen) atoms. The van der Waals surface area contributed by atoms with Crippen molar-refractivity contribution >= 4 is 32.7 Å². The van der Waals surface area contributed by atoms with Crippen molar-refractivity contribution in [2.24, 2.45) is 0 Å². The Morgan fingerprint density at radius 2 is 2.20 bits per heavy atom. The fourth-order valence-electron chi connectivity index (χ4n) is 0.832. The third-order valence-corrected chi connectivity index (χ3v) is 4.80. The molecule has 1 nitrogen and oxygen atoms in total. The van der Waals surface area contributed by atoms with Gasteiger partial charge >= 0.3 is 109 Å². The molecule has 0 unspecified atom stereocenters. The van der Waals surface area contributed by atoms with Gasteiger partial charge in [0.05, 0.1) is 0 Å². The van der Waals surface area contributed by atoms with E-state index in [1.54, 1.807) is 25.6 Å². The van der Waals surface area contributed by atoms with Crippen LogP contribution < -0.4 is 0 Å². The molecule has 0 atom stereocenters. The van der Waals surface area contributed by atoms with Crippen molar-refractivity contribution in [3.63, 3.8) is 0 Å². The van der Waals surface area contributed by atoms with Gasteiger partial charge in [0.15, 0.2) is 0 Å². The summed E-state index contributed by atoms with van der Waals surface area (Å²) in [5, 5.41) is 11.7. The molecule has 0 aliphatic carbocycles. The van der Waals surface area contributed by atoms with Crippen LogP contribution in [0.3, 0.4) is 0 Å². The average Bonchev–Trinajstić information content (AvgIpc) is 2.12. The standard InChI is InChI=1S/C12H20OSTe/c1-5-6-7-11(10-14-4)15-9-8-12(2,3)13/h10,13H,5-7H2,1-4H3/b11-10-.